The van der Waals surface area contributed by atoms with Gasteiger partial charge in [0.2, 0.25) is 0 Å². The summed E-state index contributed by atoms with van der Waals surface area (Å²) in [5.41, 5.74) is -0.367. The van der Waals surface area contributed by atoms with Crippen LogP contribution >= 0.6 is 0 Å². The fraction of sp³-hybridized carbons (Fsp3) is 0.829. The zero-order chi connectivity index (χ0) is 31.1. The van der Waals surface area contributed by atoms with Crippen molar-refractivity contribution in [1.82, 2.24) is 0 Å². The first kappa shape index (κ1) is 35.3. The topological polar surface area (TPSA) is 127 Å². The van der Waals surface area contributed by atoms with E-state index in [2.05, 4.69) is 46.5 Å². The molecule has 5 aliphatic rings. The summed E-state index contributed by atoms with van der Waals surface area (Å²) >= 11 is 0. The summed E-state index contributed by atoms with van der Waals surface area (Å²) < 4.78 is 0. The van der Waals surface area contributed by atoms with Crippen LogP contribution in [-0.2, 0) is 14.4 Å². The Bertz CT molecular complexity index is 1240. The van der Waals surface area contributed by atoms with Gasteiger partial charge in [-0.15, -0.1) is 0 Å². The molecule has 43 heavy (non-hydrogen) atoms. The van der Waals surface area contributed by atoms with E-state index in [1.54, 1.807) is 0 Å². The molecule has 0 unspecified atom stereocenters. The van der Waals surface area contributed by atoms with Crippen molar-refractivity contribution < 1.29 is 81.1 Å². The first-order chi connectivity index (χ1) is 19.3. The second kappa shape index (κ2) is 11.6. The Labute approximate surface area is 300 Å². The molecule has 2 N–H and O–H groups in total. The molecule has 0 aromatic carbocycles. The number of fused-ring (bicyclic) bond motifs is 7. The summed E-state index contributed by atoms with van der Waals surface area (Å²) in [5, 5.41) is 31.8. The largest absolute Gasteiger partial charge is 1.00 e. The Hall–Kier alpha value is -0.544. The minimum absolute atomic E-state index is 0. The maximum atomic E-state index is 14.5. The monoisotopic (exact) mass is 621 g/mol. The molecule has 0 aliphatic heterocycles. The van der Waals surface area contributed by atoms with Crippen molar-refractivity contribution in [3.05, 3.63) is 11.6 Å². The van der Waals surface area contributed by atoms with Crippen LogP contribution in [0.5, 0.6) is 0 Å². The zero-order valence-corrected chi connectivity index (χ0v) is 31.0. The average molecular weight is 622 g/mol. The second-order valence-electron chi connectivity index (χ2n) is 16.7. The van der Waals surface area contributed by atoms with Crippen LogP contribution in [0.3, 0.4) is 0 Å². The number of hydrogen-bond donors (Lipinski definition) is 2. The third-order valence-corrected chi connectivity index (χ3v) is 14.2. The first-order valence-corrected chi connectivity index (χ1v) is 16.3. The van der Waals surface area contributed by atoms with Gasteiger partial charge in [-0.05, 0) is 128 Å². The fourth-order valence-electron chi connectivity index (χ4n) is 11.2. The molecule has 0 spiro atoms. The van der Waals surface area contributed by atoms with Crippen molar-refractivity contribution >= 4 is 23.6 Å². The molecule has 0 amide bonds. The summed E-state index contributed by atoms with van der Waals surface area (Å²) in [6.45, 7) is 15.7. The minimum atomic E-state index is -0.896. The third-order valence-electron chi connectivity index (χ3n) is 14.2. The van der Waals surface area contributed by atoms with Crippen LogP contribution in [0.4, 0.5) is 0 Å². The van der Waals surface area contributed by atoms with E-state index in [-0.39, 0.29) is 127 Å². The van der Waals surface area contributed by atoms with Crippen molar-refractivity contribution in [3.8, 4) is 0 Å². The summed E-state index contributed by atoms with van der Waals surface area (Å²) in [6.07, 6.45) is 10.2. The Morgan fingerprint density at radius 2 is 1.58 bits per heavy atom. The van der Waals surface area contributed by atoms with Crippen molar-refractivity contribution in [3.63, 3.8) is 0 Å². The van der Waals surface area contributed by atoms with Crippen molar-refractivity contribution in [1.29, 1.82) is 0 Å². The number of carbonyl (C=O) groups is 3. The van der Waals surface area contributed by atoms with Gasteiger partial charge in [-0.3, -0.25) is 14.4 Å². The average Bonchev–Trinajstić information content (AvgIpc) is 2.87. The van der Waals surface area contributed by atoms with E-state index in [9.17, 15) is 24.6 Å². The van der Waals surface area contributed by atoms with E-state index in [1.165, 1.54) is 5.57 Å². The summed E-state index contributed by atoms with van der Waals surface area (Å²) in [7, 11) is 0. The Kier molecular flexibility index (Phi) is 9.53. The number of aliphatic carboxylic acids is 2. The number of carboxylic acids is 2. The quantitative estimate of drug-likeness (QED) is 0.266. The molecule has 4 fully saturated rings. The zero-order valence-electron chi connectivity index (χ0n) is 27.8. The maximum absolute atomic E-state index is 14.5. The van der Waals surface area contributed by atoms with E-state index >= 15 is 0 Å². The van der Waals surface area contributed by atoms with Crippen molar-refractivity contribution in [2.24, 2.45) is 55.2 Å². The van der Waals surface area contributed by atoms with Gasteiger partial charge in [-0.2, -0.15) is 0 Å². The van der Waals surface area contributed by atoms with Gasteiger partial charge in [-0.25, -0.2) is 0 Å². The van der Waals surface area contributed by atoms with Crippen LogP contribution < -0.4 is 56.5 Å². The van der Waals surface area contributed by atoms with E-state index in [0.29, 0.717) is 19.3 Å². The molecule has 4 saturated carbocycles. The summed E-state index contributed by atoms with van der Waals surface area (Å²) in [6, 6.07) is -0.135. The molecule has 5 rings (SSSR count). The van der Waals surface area contributed by atoms with Crippen LogP contribution in [0.25, 0.3) is 0 Å². The number of ketones is 1. The second-order valence-corrected chi connectivity index (χ2v) is 16.7. The van der Waals surface area contributed by atoms with E-state index < -0.39 is 17.4 Å². The molecule has 7 nitrogen and oxygen atoms in total. The number of hydrogen-bond acceptors (Lipinski definition) is 5. The van der Waals surface area contributed by atoms with E-state index in [1.807, 2.05) is 13.0 Å². The molecule has 234 valence electrons. The maximum Gasteiger partial charge on any atom is 1.00 e. The number of carboxylic acid groups (broad SMARTS) is 2. The Balaban J connectivity index is 0.00000423. The first-order valence-electron chi connectivity index (χ1n) is 16.3. The van der Waals surface area contributed by atoms with E-state index in [0.717, 1.165) is 44.9 Å². The predicted octanol–water partition coefficient (Wildman–Crippen LogP) is 3.44. The summed E-state index contributed by atoms with van der Waals surface area (Å²) in [4.78, 5) is 42.4. The van der Waals surface area contributed by atoms with Gasteiger partial charge in [0.15, 0.2) is 5.78 Å². The van der Waals surface area contributed by atoms with Crippen molar-refractivity contribution in [2.75, 3.05) is 0 Å². The molecule has 0 bridgehead atoms. The molecule has 0 radical (unpaired) electrons. The molecular formula is C35H52KNO6. The van der Waals surface area contributed by atoms with Crippen LogP contribution in [0, 0.1) is 50.2 Å². The normalized spacial score (nSPS) is 45.3. The van der Waals surface area contributed by atoms with Crippen LogP contribution in [0.1, 0.15) is 126 Å². The van der Waals surface area contributed by atoms with Crippen LogP contribution in [-0.4, -0.2) is 39.9 Å². The number of allylic oxidation sites excluding steroid dienone is 2. The van der Waals surface area contributed by atoms with Gasteiger partial charge in [0.05, 0.1) is 11.5 Å². The predicted molar refractivity (Wildman–Crippen MR) is 160 cm³/mol. The summed E-state index contributed by atoms with van der Waals surface area (Å²) in [5.74, 6) is -1.38. The van der Waals surface area contributed by atoms with E-state index in [4.69, 9.17) is 5.11 Å². The van der Waals surface area contributed by atoms with Gasteiger partial charge in [0, 0.05) is 12.3 Å². The molecule has 0 saturated heterocycles. The smallest absolute Gasteiger partial charge is 0.862 e. The molecule has 0 heterocycles. The van der Waals surface area contributed by atoms with Crippen LogP contribution in [0.2, 0.25) is 0 Å². The molecule has 0 aromatic rings. The number of nitrogens with zero attached hydrogens (tertiary/aromatic N) is 1. The minimum Gasteiger partial charge on any atom is -0.862 e. The van der Waals surface area contributed by atoms with Gasteiger partial charge in [0.25, 0.3) is 0 Å². The molecule has 5 aliphatic carbocycles. The van der Waals surface area contributed by atoms with Crippen molar-refractivity contribution in [2.45, 2.75) is 132 Å². The van der Waals surface area contributed by atoms with Crippen LogP contribution in [0.15, 0.2) is 16.6 Å². The number of aliphatic imine (C=N–C) groups is 1. The van der Waals surface area contributed by atoms with Gasteiger partial charge in [0.1, 0.15) is 0 Å². The third kappa shape index (κ3) is 5.39. The van der Waals surface area contributed by atoms with Gasteiger partial charge < -0.3 is 20.3 Å². The molecular weight excluding hydrogens is 569 g/mol. The standard InChI is InChI=1S/C35H53NO6.K/c1-30(2)24-11-14-35(7)28(33(24,5)13-12-25(30)36-26(38)9-8-10-27(39)40)23(37)19-21-22-20-32(4,29(41)42)16-15-31(22,3)17-18-34(21,35)6;/h19,22,24-25,28H,8-18,20H2,1-7H3,(H,36,38)(H,39,40)(H,41,42);/q;+1/p-1/t22-,24-,25-,28+,31+,32-,33-,34+,35+;/m0./s1. The van der Waals surface area contributed by atoms with Gasteiger partial charge in [-0.1, -0.05) is 47.1 Å². The fourth-order valence-corrected chi connectivity index (χ4v) is 11.2. The Morgan fingerprint density at radius 3 is 2.21 bits per heavy atom. The number of carbonyl (C=O) groups excluding carboxylic acids is 1. The SMILES string of the molecule is CC1(C)[C@@H](N=C([O-])CCCC(=O)O)CC[C@]2(C)[C@H]3C(=O)C=C4[C@@H]5C[C@@](C)(C(=O)O)CC[C@]5(C)CC[C@@]4(C)[C@]3(C)CC[C@@H]12.[K+]. The molecule has 9 atom stereocenters. The van der Waals surface area contributed by atoms with Gasteiger partial charge >= 0.3 is 63.3 Å². The Morgan fingerprint density at radius 1 is 0.930 bits per heavy atom. The molecule has 0 aromatic heterocycles. The number of rotatable bonds is 6. The molecule has 8 heteroatoms.